The minimum Gasteiger partial charge on any atom is -0.320 e. The Labute approximate surface area is 183 Å². The lowest BCUT2D eigenvalue weighted by molar-refractivity contribution is 0.102. The van der Waals surface area contributed by atoms with E-state index in [9.17, 15) is 13.2 Å². The van der Waals surface area contributed by atoms with Gasteiger partial charge < -0.3 is 5.32 Å². The molecule has 0 saturated carbocycles. The molecule has 1 saturated heterocycles. The standard InChI is InChI=1S/C20H19ClN4O3S2/c21-15-5-4-6-16(13-15)22-18(26)20-24-23-19(29-20)14-9-11-25(12-10-14)30(27,28)17-7-2-1-3-8-17/h1-8,13-14H,9-12H2,(H,22,26). The number of amides is 1. The van der Waals surface area contributed by atoms with Crippen LogP contribution in [0.3, 0.4) is 0 Å². The van der Waals surface area contributed by atoms with Gasteiger partial charge in [0.05, 0.1) is 4.90 Å². The number of benzene rings is 2. The molecule has 1 aromatic heterocycles. The Morgan fingerprint density at radius 2 is 1.80 bits per heavy atom. The molecule has 1 fully saturated rings. The molecule has 1 amide bonds. The van der Waals surface area contributed by atoms with Gasteiger partial charge in [0.15, 0.2) is 0 Å². The van der Waals surface area contributed by atoms with Gasteiger partial charge in [0.2, 0.25) is 15.0 Å². The molecule has 2 heterocycles. The number of piperidine rings is 1. The second kappa shape index (κ2) is 8.81. The van der Waals surface area contributed by atoms with E-state index in [-0.39, 0.29) is 16.8 Å². The molecule has 0 aliphatic carbocycles. The van der Waals surface area contributed by atoms with Crippen LogP contribution in [-0.2, 0) is 10.0 Å². The van der Waals surface area contributed by atoms with Gasteiger partial charge in [-0.15, -0.1) is 10.2 Å². The van der Waals surface area contributed by atoms with Gasteiger partial charge in [0.25, 0.3) is 5.91 Å². The van der Waals surface area contributed by atoms with Crippen LogP contribution in [0.5, 0.6) is 0 Å². The summed E-state index contributed by atoms with van der Waals surface area (Å²) < 4.78 is 27.0. The lowest BCUT2D eigenvalue weighted by Gasteiger charge is -2.30. The van der Waals surface area contributed by atoms with Crippen LogP contribution < -0.4 is 5.32 Å². The fourth-order valence-electron chi connectivity index (χ4n) is 3.33. The Hall–Kier alpha value is -2.33. The number of rotatable bonds is 5. The minimum atomic E-state index is -3.49. The molecule has 1 aliphatic heterocycles. The molecule has 30 heavy (non-hydrogen) atoms. The number of anilines is 1. The minimum absolute atomic E-state index is 0.0810. The predicted molar refractivity (Wildman–Crippen MR) is 116 cm³/mol. The van der Waals surface area contributed by atoms with Crippen molar-refractivity contribution < 1.29 is 13.2 Å². The maximum Gasteiger partial charge on any atom is 0.286 e. The molecule has 7 nitrogen and oxygen atoms in total. The van der Waals surface area contributed by atoms with Crippen molar-refractivity contribution in [2.45, 2.75) is 23.7 Å². The largest absolute Gasteiger partial charge is 0.320 e. The van der Waals surface area contributed by atoms with E-state index in [4.69, 9.17) is 11.6 Å². The highest BCUT2D eigenvalue weighted by Gasteiger charge is 2.31. The molecule has 0 unspecified atom stereocenters. The molecule has 1 aliphatic rings. The Morgan fingerprint density at radius 1 is 1.07 bits per heavy atom. The summed E-state index contributed by atoms with van der Waals surface area (Å²) in [4.78, 5) is 12.7. The van der Waals surface area contributed by atoms with Gasteiger partial charge in [-0.25, -0.2) is 8.42 Å². The Kier molecular flexibility index (Phi) is 6.14. The van der Waals surface area contributed by atoms with E-state index < -0.39 is 10.0 Å². The summed E-state index contributed by atoms with van der Waals surface area (Å²) in [5, 5.41) is 12.5. The van der Waals surface area contributed by atoms with Gasteiger partial charge in [-0.05, 0) is 43.2 Å². The summed E-state index contributed by atoms with van der Waals surface area (Å²) in [6.07, 6.45) is 1.27. The lowest BCUT2D eigenvalue weighted by Crippen LogP contribution is -2.37. The first-order valence-corrected chi connectivity index (χ1v) is 12.0. The topological polar surface area (TPSA) is 92.3 Å². The maximum atomic E-state index is 12.8. The number of sulfonamides is 1. The number of carbonyl (C=O) groups excluding carboxylic acids is 1. The van der Waals surface area contributed by atoms with Crippen molar-refractivity contribution in [3.05, 3.63) is 69.6 Å². The average Bonchev–Trinajstić information content (AvgIpc) is 3.25. The summed E-state index contributed by atoms with van der Waals surface area (Å²) in [5.74, 6) is -0.262. The Balaban J connectivity index is 1.39. The highest BCUT2D eigenvalue weighted by Crippen LogP contribution is 2.32. The third-order valence-corrected chi connectivity index (χ3v) is 8.13. The van der Waals surface area contributed by atoms with E-state index in [0.717, 1.165) is 5.01 Å². The first-order valence-electron chi connectivity index (χ1n) is 9.39. The number of nitrogens with zero attached hydrogens (tertiary/aromatic N) is 3. The summed E-state index contributed by atoms with van der Waals surface area (Å²) in [6, 6.07) is 15.3. The highest BCUT2D eigenvalue weighted by atomic mass is 35.5. The molecular weight excluding hydrogens is 444 g/mol. The van der Waals surface area contributed by atoms with Crippen molar-refractivity contribution in [3.63, 3.8) is 0 Å². The van der Waals surface area contributed by atoms with Crippen molar-refractivity contribution in [1.82, 2.24) is 14.5 Å². The van der Waals surface area contributed by atoms with E-state index in [1.165, 1.54) is 15.6 Å². The molecule has 156 valence electrons. The molecule has 4 rings (SSSR count). The quantitative estimate of drug-likeness (QED) is 0.618. The van der Waals surface area contributed by atoms with Crippen molar-refractivity contribution in [2.75, 3.05) is 18.4 Å². The van der Waals surface area contributed by atoms with Gasteiger partial charge in [-0.2, -0.15) is 4.31 Å². The molecule has 0 bridgehead atoms. The van der Waals surface area contributed by atoms with Crippen LogP contribution >= 0.6 is 22.9 Å². The van der Waals surface area contributed by atoms with Gasteiger partial charge in [-0.3, -0.25) is 4.79 Å². The van der Waals surface area contributed by atoms with E-state index in [0.29, 0.717) is 41.5 Å². The van der Waals surface area contributed by atoms with Crippen LogP contribution in [-0.4, -0.2) is 41.9 Å². The van der Waals surface area contributed by atoms with Crippen LogP contribution in [0.1, 0.15) is 33.6 Å². The number of hydrogen-bond acceptors (Lipinski definition) is 6. The number of nitrogens with one attached hydrogen (secondary N) is 1. The lowest BCUT2D eigenvalue weighted by atomic mass is 9.99. The zero-order valence-electron chi connectivity index (χ0n) is 15.9. The molecule has 0 spiro atoms. The van der Waals surface area contributed by atoms with Gasteiger partial charge in [0, 0.05) is 29.7 Å². The normalized spacial score (nSPS) is 15.8. The first-order chi connectivity index (χ1) is 14.4. The summed E-state index contributed by atoms with van der Waals surface area (Å²) in [6.45, 7) is 0.817. The number of halogens is 1. The molecule has 2 aromatic carbocycles. The van der Waals surface area contributed by atoms with Gasteiger partial charge in [0.1, 0.15) is 5.01 Å². The summed E-state index contributed by atoms with van der Waals surface area (Å²) in [5.41, 5.74) is 0.587. The molecule has 1 N–H and O–H groups in total. The molecular formula is C20H19ClN4O3S2. The van der Waals surface area contributed by atoms with Crippen molar-refractivity contribution in [3.8, 4) is 0 Å². The Morgan fingerprint density at radius 3 is 2.50 bits per heavy atom. The monoisotopic (exact) mass is 462 g/mol. The SMILES string of the molecule is O=C(Nc1cccc(Cl)c1)c1nnc(C2CCN(S(=O)(=O)c3ccccc3)CC2)s1. The third-order valence-electron chi connectivity index (χ3n) is 4.90. The average molecular weight is 463 g/mol. The van der Waals surface area contributed by atoms with Crippen LogP contribution in [0.2, 0.25) is 5.02 Å². The fraction of sp³-hybridized carbons (Fsp3) is 0.250. The van der Waals surface area contributed by atoms with Crippen LogP contribution in [0.25, 0.3) is 0 Å². The smallest absolute Gasteiger partial charge is 0.286 e. The predicted octanol–water partition coefficient (Wildman–Crippen LogP) is 4.01. The third kappa shape index (κ3) is 4.54. The van der Waals surface area contributed by atoms with E-state index in [1.807, 2.05) is 0 Å². The van der Waals surface area contributed by atoms with Crippen LogP contribution in [0.4, 0.5) is 5.69 Å². The van der Waals surface area contributed by atoms with Crippen molar-refractivity contribution >= 4 is 44.6 Å². The molecule has 0 radical (unpaired) electrons. The number of aromatic nitrogens is 2. The highest BCUT2D eigenvalue weighted by molar-refractivity contribution is 7.89. The fourth-order valence-corrected chi connectivity index (χ4v) is 5.92. The number of hydrogen-bond donors (Lipinski definition) is 1. The van der Waals surface area contributed by atoms with Crippen LogP contribution in [0, 0.1) is 0 Å². The van der Waals surface area contributed by atoms with E-state index in [2.05, 4.69) is 15.5 Å². The summed E-state index contributed by atoms with van der Waals surface area (Å²) >= 11 is 7.18. The second-order valence-electron chi connectivity index (χ2n) is 6.90. The Bertz CT molecular complexity index is 1140. The van der Waals surface area contributed by atoms with Crippen molar-refractivity contribution in [2.24, 2.45) is 0 Å². The maximum absolute atomic E-state index is 12.8. The zero-order valence-corrected chi connectivity index (χ0v) is 18.3. The molecule has 3 aromatic rings. The van der Waals surface area contributed by atoms with Gasteiger partial charge in [-0.1, -0.05) is 47.2 Å². The molecule has 0 atom stereocenters. The first kappa shape index (κ1) is 20.9. The van der Waals surface area contributed by atoms with E-state index >= 15 is 0 Å². The summed E-state index contributed by atoms with van der Waals surface area (Å²) in [7, 11) is -3.49. The van der Waals surface area contributed by atoms with Crippen LogP contribution in [0.15, 0.2) is 59.5 Å². The number of carbonyl (C=O) groups is 1. The van der Waals surface area contributed by atoms with E-state index in [1.54, 1.807) is 54.6 Å². The van der Waals surface area contributed by atoms with Gasteiger partial charge >= 0.3 is 0 Å². The zero-order chi connectivity index (χ0) is 21.1. The second-order valence-corrected chi connectivity index (χ2v) is 10.3. The van der Waals surface area contributed by atoms with Crippen molar-refractivity contribution in [1.29, 1.82) is 0 Å². The molecule has 10 heteroatoms.